The van der Waals surface area contributed by atoms with Crippen molar-refractivity contribution in [1.82, 2.24) is 0 Å². The minimum atomic E-state index is -0.584. The van der Waals surface area contributed by atoms with Crippen LogP contribution in [0, 0.1) is 23.7 Å². The first-order chi connectivity index (χ1) is 8.91. The quantitative estimate of drug-likeness (QED) is 0.561. The van der Waals surface area contributed by atoms with Crippen LogP contribution in [0.15, 0.2) is 12.2 Å². The molecule has 102 valence electrons. The molecule has 1 aliphatic heterocycles. The van der Waals surface area contributed by atoms with Crippen LogP contribution in [0.1, 0.15) is 13.3 Å². The van der Waals surface area contributed by atoms with Gasteiger partial charge in [-0.15, -0.1) is 0 Å². The Morgan fingerprint density at radius 3 is 2.68 bits per heavy atom. The first-order valence-corrected chi connectivity index (χ1v) is 6.28. The van der Waals surface area contributed by atoms with Crippen molar-refractivity contribution in [3.63, 3.8) is 0 Å². The van der Waals surface area contributed by atoms with Crippen LogP contribution < -0.4 is 5.73 Å². The lowest BCUT2D eigenvalue weighted by molar-refractivity contribution is -0.159. The summed E-state index contributed by atoms with van der Waals surface area (Å²) in [5.74, 6) is -2.75. The molecule has 6 atom stereocenters. The molecule has 3 rings (SSSR count). The average molecular weight is 265 g/mol. The first kappa shape index (κ1) is 12.2. The van der Waals surface area contributed by atoms with Gasteiger partial charge in [-0.3, -0.25) is 9.59 Å². The van der Waals surface area contributed by atoms with E-state index in [4.69, 9.17) is 15.2 Å². The third-order valence-electron chi connectivity index (χ3n) is 4.47. The Labute approximate surface area is 109 Å². The van der Waals surface area contributed by atoms with Crippen molar-refractivity contribution < 1.29 is 23.9 Å². The van der Waals surface area contributed by atoms with Crippen molar-refractivity contribution >= 4 is 17.8 Å². The Balaban J connectivity index is 1.88. The van der Waals surface area contributed by atoms with Crippen LogP contribution in [0.25, 0.3) is 0 Å². The van der Waals surface area contributed by atoms with Gasteiger partial charge in [0.15, 0.2) is 0 Å². The van der Waals surface area contributed by atoms with Crippen LogP contribution in [-0.4, -0.2) is 30.1 Å². The Morgan fingerprint density at radius 1 is 1.42 bits per heavy atom. The van der Waals surface area contributed by atoms with Crippen LogP contribution in [0.3, 0.4) is 0 Å². The summed E-state index contributed by atoms with van der Waals surface area (Å²) >= 11 is 0. The molecule has 0 aromatic heterocycles. The molecule has 6 nitrogen and oxygen atoms in total. The van der Waals surface area contributed by atoms with Crippen molar-refractivity contribution in [2.45, 2.75) is 25.6 Å². The third kappa shape index (κ3) is 1.52. The van der Waals surface area contributed by atoms with Crippen molar-refractivity contribution in [2.24, 2.45) is 29.4 Å². The predicted molar refractivity (Wildman–Crippen MR) is 62.3 cm³/mol. The van der Waals surface area contributed by atoms with Gasteiger partial charge in [0.05, 0.1) is 11.8 Å². The molecule has 3 fully saturated rings. The molecule has 0 aromatic carbocycles. The van der Waals surface area contributed by atoms with Gasteiger partial charge in [-0.05, 0) is 13.3 Å². The summed E-state index contributed by atoms with van der Waals surface area (Å²) in [6.07, 6.45) is -0.362. The number of rotatable bonds is 3. The Hall–Kier alpha value is -1.85. The Kier molecular flexibility index (Phi) is 2.45. The van der Waals surface area contributed by atoms with E-state index in [1.807, 2.05) is 0 Å². The number of hydrogen-bond acceptors (Lipinski definition) is 5. The standard InChI is InChI=1S/C13H15NO5/c1-4(2)12(16)18-9-5-3-6-8(7(5)11(14)15)13(17)19-10(6)9/h5-10H,1,3H2,2H3,(H2,14,15). The van der Waals surface area contributed by atoms with E-state index in [1.165, 1.54) is 0 Å². The zero-order valence-electron chi connectivity index (χ0n) is 10.5. The number of primary amides is 1. The summed E-state index contributed by atoms with van der Waals surface area (Å²) < 4.78 is 10.6. The molecule has 1 amide bonds. The molecule has 0 spiro atoms. The molecular weight excluding hydrogens is 250 g/mol. The normalized spacial score (nSPS) is 42.1. The fourth-order valence-corrected chi connectivity index (χ4v) is 3.76. The molecular formula is C13H15NO5. The Morgan fingerprint density at radius 2 is 2.11 bits per heavy atom. The molecule has 0 aromatic rings. The molecule has 6 unspecified atom stereocenters. The molecule has 19 heavy (non-hydrogen) atoms. The number of carbonyl (C=O) groups is 3. The zero-order valence-corrected chi connectivity index (χ0v) is 10.5. The largest absolute Gasteiger partial charge is 0.458 e. The maximum absolute atomic E-state index is 11.8. The lowest BCUT2D eigenvalue weighted by atomic mass is 9.78. The highest BCUT2D eigenvalue weighted by molar-refractivity contribution is 5.89. The van der Waals surface area contributed by atoms with Gasteiger partial charge in [0.2, 0.25) is 5.91 Å². The maximum Gasteiger partial charge on any atom is 0.333 e. The molecule has 2 bridgehead atoms. The maximum atomic E-state index is 11.8. The average Bonchev–Trinajstić information content (AvgIpc) is 2.91. The lowest BCUT2D eigenvalue weighted by Crippen LogP contribution is -2.45. The second-order valence-corrected chi connectivity index (χ2v) is 5.57. The minimum absolute atomic E-state index is 0.0575. The fraction of sp³-hybridized carbons (Fsp3) is 0.615. The van der Waals surface area contributed by atoms with Crippen LogP contribution in [0.2, 0.25) is 0 Å². The second kappa shape index (κ2) is 3.82. The highest BCUT2D eigenvalue weighted by atomic mass is 16.6. The van der Waals surface area contributed by atoms with E-state index < -0.39 is 41.9 Å². The van der Waals surface area contributed by atoms with E-state index in [0.29, 0.717) is 6.42 Å². The second-order valence-electron chi connectivity index (χ2n) is 5.57. The summed E-state index contributed by atoms with van der Waals surface area (Å²) in [6, 6.07) is 0. The molecule has 1 heterocycles. The van der Waals surface area contributed by atoms with E-state index in [2.05, 4.69) is 6.58 Å². The number of nitrogens with two attached hydrogens (primary N) is 1. The van der Waals surface area contributed by atoms with Crippen molar-refractivity contribution in [1.29, 1.82) is 0 Å². The smallest absolute Gasteiger partial charge is 0.333 e. The summed E-state index contributed by atoms with van der Waals surface area (Å²) in [4.78, 5) is 35.0. The van der Waals surface area contributed by atoms with E-state index in [1.54, 1.807) is 6.92 Å². The predicted octanol–water partition coefficient (Wildman–Crippen LogP) is -0.233. The zero-order chi connectivity index (χ0) is 13.9. The van der Waals surface area contributed by atoms with Gasteiger partial charge in [-0.25, -0.2) is 4.79 Å². The molecule has 3 aliphatic rings. The van der Waals surface area contributed by atoms with Crippen LogP contribution >= 0.6 is 0 Å². The van der Waals surface area contributed by atoms with Crippen LogP contribution in [0.5, 0.6) is 0 Å². The molecule has 0 radical (unpaired) electrons. The lowest BCUT2D eigenvalue weighted by Gasteiger charge is -2.29. The van der Waals surface area contributed by atoms with Crippen molar-refractivity contribution in [3.8, 4) is 0 Å². The highest BCUT2D eigenvalue weighted by Gasteiger charge is 2.69. The van der Waals surface area contributed by atoms with E-state index in [9.17, 15) is 14.4 Å². The van der Waals surface area contributed by atoms with Gasteiger partial charge in [-0.2, -0.15) is 0 Å². The minimum Gasteiger partial charge on any atom is -0.458 e. The summed E-state index contributed by atoms with van der Waals surface area (Å²) in [6.45, 7) is 5.06. The van der Waals surface area contributed by atoms with Gasteiger partial charge in [-0.1, -0.05) is 6.58 Å². The molecule has 1 saturated heterocycles. The number of amides is 1. The molecule has 2 N–H and O–H groups in total. The van der Waals surface area contributed by atoms with Gasteiger partial charge in [0.1, 0.15) is 12.2 Å². The topological polar surface area (TPSA) is 95.7 Å². The fourth-order valence-electron chi connectivity index (χ4n) is 3.76. The van der Waals surface area contributed by atoms with Crippen molar-refractivity contribution in [2.75, 3.05) is 0 Å². The first-order valence-electron chi connectivity index (χ1n) is 6.28. The van der Waals surface area contributed by atoms with Gasteiger partial charge in [0.25, 0.3) is 0 Å². The number of hydrogen-bond donors (Lipinski definition) is 1. The monoisotopic (exact) mass is 265 g/mol. The Bertz CT molecular complexity index is 499. The van der Waals surface area contributed by atoms with E-state index in [-0.39, 0.29) is 17.4 Å². The van der Waals surface area contributed by atoms with Crippen molar-refractivity contribution in [3.05, 3.63) is 12.2 Å². The van der Waals surface area contributed by atoms with E-state index >= 15 is 0 Å². The van der Waals surface area contributed by atoms with E-state index in [0.717, 1.165) is 0 Å². The van der Waals surface area contributed by atoms with Gasteiger partial charge < -0.3 is 15.2 Å². The molecule has 2 saturated carbocycles. The summed E-state index contributed by atoms with van der Waals surface area (Å²) in [5, 5.41) is 0. The van der Waals surface area contributed by atoms with Gasteiger partial charge >= 0.3 is 11.9 Å². The summed E-state index contributed by atoms with van der Waals surface area (Å²) in [5.41, 5.74) is 5.66. The number of esters is 2. The SMILES string of the molecule is C=C(C)C(=O)OC1C2CC3C1OC(=O)C3C2C(N)=O. The van der Waals surface area contributed by atoms with Gasteiger partial charge in [0, 0.05) is 17.4 Å². The number of carbonyl (C=O) groups excluding carboxylic acids is 3. The molecule has 6 heteroatoms. The van der Waals surface area contributed by atoms with Crippen LogP contribution in [-0.2, 0) is 23.9 Å². The highest BCUT2D eigenvalue weighted by Crippen LogP contribution is 2.58. The molecule has 2 aliphatic carbocycles. The van der Waals surface area contributed by atoms with Crippen LogP contribution in [0.4, 0.5) is 0 Å². The number of fused-ring (bicyclic) bond motifs is 1. The summed E-state index contributed by atoms with van der Waals surface area (Å²) in [7, 11) is 0. The third-order valence-corrected chi connectivity index (χ3v) is 4.47. The number of ether oxygens (including phenoxy) is 2.